The first-order chi connectivity index (χ1) is 13.5. The molecule has 0 fully saturated rings. The molecule has 0 aliphatic rings. The van der Waals surface area contributed by atoms with E-state index < -0.39 is 11.9 Å². The predicted octanol–water partition coefficient (Wildman–Crippen LogP) is 3.93. The topological polar surface area (TPSA) is 129 Å². The molecule has 1 aromatic carbocycles. The van der Waals surface area contributed by atoms with E-state index in [1.807, 2.05) is 6.92 Å². The lowest BCUT2D eigenvalue weighted by Gasteiger charge is -2.00. The number of nitrogens with one attached hydrogen (secondary N) is 1. The summed E-state index contributed by atoms with van der Waals surface area (Å²) in [5.41, 5.74) is 0.725. The number of thioether (sulfide) groups is 1. The summed E-state index contributed by atoms with van der Waals surface area (Å²) >= 11 is 0.920. The normalized spacial score (nSPS) is 11.5. The molecule has 0 saturated heterocycles. The molecule has 0 atom stereocenters. The molecule has 0 unspecified atom stereocenters. The van der Waals surface area contributed by atoms with E-state index in [-0.39, 0.29) is 10.5 Å². The minimum atomic E-state index is -1.13. The molecule has 28 heavy (non-hydrogen) atoms. The molecule has 0 bridgehead atoms. The van der Waals surface area contributed by atoms with Crippen LogP contribution in [0.15, 0.2) is 50.9 Å². The summed E-state index contributed by atoms with van der Waals surface area (Å²) in [5.74, 6) is -0.699. The first-order valence-electron chi connectivity index (χ1n) is 8.44. The third-order valence-corrected chi connectivity index (χ3v) is 4.58. The third-order valence-electron chi connectivity index (χ3n) is 3.70. The first-order valence-corrected chi connectivity index (χ1v) is 9.25. The quantitative estimate of drug-likeness (QED) is 0.384. The fraction of sp³-hybridized carbons (Fsp3) is 0.158. The molecule has 9 heteroatoms. The lowest BCUT2D eigenvalue weighted by atomic mass is 10.1. The number of benzene rings is 1. The Morgan fingerprint density at radius 3 is 2.79 bits per heavy atom. The largest absolute Gasteiger partial charge is 0.478 e. The zero-order chi connectivity index (χ0) is 20.1. The molecule has 3 rings (SSSR count). The number of nitrogens with zero attached hydrogens (tertiary/aromatic N) is 2. The van der Waals surface area contributed by atoms with E-state index in [0.29, 0.717) is 28.1 Å². The highest BCUT2D eigenvalue weighted by Crippen LogP contribution is 2.29. The van der Waals surface area contributed by atoms with Crippen LogP contribution in [0.2, 0.25) is 0 Å². The van der Waals surface area contributed by atoms with Crippen LogP contribution in [-0.4, -0.2) is 37.3 Å². The van der Waals surface area contributed by atoms with Crippen LogP contribution in [-0.2, 0) is 11.2 Å². The molecule has 0 spiro atoms. The molecule has 8 nitrogen and oxygen atoms in total. The van der Waals surface area contributed by atoms with Crippen molar-refractivity contribution in [2.45, 2.75) is 24.9 Å². The summed E-state index contributed by atoms with van der Waals surface area (Å²) in [6, 6.07) is 9.58. The van der Waals surface area contributed by atoms with Crippen molar-refractivity contribution in [2.24, 2.45) is 0 Å². The van der Waals surface area contributed by atoms with Crippen molar-refractivity contribution >= 4 is 29.8 Å². The minimum absolute atomic E-state index is 0.00207. The van der Waals surface area contributed by atoms with Gasteiger partial charge in [0, 0.05) is 18.1 Å². The molecular formula is C19H17N3O5S. The Balaban J connectivity index is 1.83. The number of aliphatic carboxylic acids is 1. The van der Waals surface area contributed by atoms with Gasteiger partial charge in [-0.05, 0) is 42.4 Å². The summed E-state index contributed by atoms with van der Waals surface area (Å²) in [6.45, 7) is 2.01. The monoisotopic (exact) mass is 399 g/mol. The Bertz CT molecular complexity index is 1040. The number of aromatic amines is 1. The van der Waals surface area contributed by atoms with E-state index in [4.69, 9.17) is 9.52 Å². The van der Waals surface area contributed by atoms with Crippen LogP contribution in [0.5, 0.6) is 0 Å². The maximum Gasteiger partial charge on any atom is 0.342 e. The van der Waals surface area contributed by atoms with Crippen LogP contribution < -0.4 is 0 Å². The molecule has 3 aromatic rings. The van der Waals surface area contributed by atoms with Crippen LogP contribution in [0.1, 0.15) is 35.3 Å². The van der Waals surface area contributed by atoms with Gasteiger partial charge in [0.1, 0.15) is 22.3 Å². The molecule has 3 N–H and O–H groups in total. The number of rotatable bonds is 8. The second kappa shape index (κ2) is 8.57. The minimum Gasteiger partial charge on any atom is -0.478 e. The van der Waals surface area contributed by atoms with Crippen molar-refractivity contribution in [3.63, 3.8) is 0 Å². The van der Waals surface area contributed by atoms with Gasteiger partial charge in [-0.3, -0.25) is 5.10 Å². The van der Waals surface area contributed by atoms with Gasteiger partial charge in [-0.2, -0.15) is 0 Å². The average molecular weight is 399 g/mol. The van der Waals surface area contributed by atoms with Gasteiger partial charge in [0.2, 0.25) is 5.16 Å². The lowest BCUT2D eigenvalue weighted by Crippen LogP contribution is -1.97. The molecule has 2 heterocycles. The Labute approximate surface area is 164 Å². The number of furan rings is 1. The molecule has 0 aliphatic heterocycles. The SMILES string of the molecule is CCCc1nc(S/C(=C\c2ccc(-c3cccc(C(=O)O)c3)o2)C(=O)O)n[nH]1. The van der Waals surface area contributed by atoms with Gasteiger partial charge in [-0.25, -0.2) is 14.6 Å². The van der Waals surface area contributed by atoms with Gasteiger partial charge in [-0.15, -0.1) is 5.10 Å². The van der Waals surface area contributed by atoms with Gasteiger partial charge >= 0.3 is 11.9 Å². The van der Waals surface area contributed by atoms with Gasteiger partial charge in [0.05, 0.1) is 5.56 Å². The lowest BCUT2D eigenvalue weighted by molar-refractivity contribution is -0.131. The number of carbonyl (C=O) groups is 2. The van der Waals surface area contributed by atoms with Crippen molar-refractivity contribution in [1.82, 2.24) is 15.2 Å². The standard InChI is InChI=1S/C19H17N3O5S/c1-2-4-16-20-19(22-21-16)28-15(18(25)26)10-13-7-8-14(27-13)11-5-3-6-12(9-11)17(23)24/h3,5-10H,2,4H2,1H3,(H,23,24)(H,25,26)(H,20,21,22)/b15-10-. The third kappa shape index (κ3) is 4.68. The summed E-state index contributed by atoms with van der Waals surface area (Å²) in [5, 5.41) is 25.7. The van der Waals surface area contributed by atoms with Crippen LogP contribution in [0.4, 0.5) is 0 Å². The Kier molecular flexibility index (Phi) is 5.95. The Hall–Kier alpha value is -3.33. The Morgan fingerprint density at radius 1 is 1.25 bits per heavy atom. The molecule has 0 amide bonds. The number of aromatic nitrogens is 3. The van der Waals surface area contributed by atoms with Gasteiger partial charge < -0.3 is 14.6 Å². The molecule has 144 valence electrons. The van der Waals surface area contributed by atoms with Crippen LogP contribution in [0.3, 0.4) is 0 Å². The first kappa shape index (κ1) is 19.4. The van der Waals surface area contributed by atoms with E-state index in [1.165, 1.54) is 18.2 Å². The van der Waals surface area contributed by atoms with Gasteiger partial charge in [0.25, 0.3) is 0 Å². The van der Waals surface area contributed by atoms with Crippen LogP contribution in [0.25, 0.3) is 17.4 Å². The van der Waals surface area contributed by atoms with E-state index in [9.17, 15) is 14.7 Å². The summed E-state index contributed by atoms with van der Waals surface area (Å²) in [7, 11) is 0. The number of hydrogen-bond acceptors (Lipinski definition) is 6. The number of carboxylic acids is 2. The zero-order valence-electron chi connectivity index (χ0n) is 14.9. The van der Waals surface area contributed by atoms with E-state index in [1.54, 1.807) is 24.3 Å². The van der Waals surface area contributed by atoms with E-state index >= 15 is 0 Å². The van der Waals surface area contributed by atoms with Crippen LogP contribution >= 0.6 is 11.8 Å². The summed E-state index contributed by atoms with van der Waals surface area (Å²) in [6.07, 6.45) is 3.02. The fourth-order valence-electron chi connectivity index (χ4n) is 2.43. The number of H-pyrrole nitrogens is 1. The highest BCUT2D eigenvalue weighted by Gasteiger charge is 2.15. The smallest absolute Gasteiger partial charge is 0.342 e. The summed E-state index contributed by atoms with van der Waals surface area (Å²) in [4.78, 5) is 26.9. The number of hydrogen-bond donors (Lipinski definition) is 3. The maximum absolute atomic E-state index is 11.6. The molecule has 0 radical (unpaired) electrons. The maximum atomic E-state index is 11.6. The van der Waals surface area contributed by atoms with Crippen molar-refractivity contribution in [2.75, 3.05) is 0 Å². The second-order valence-electron chi connectivity index (χ2n) is 5.82. The van der Waals surface area contributed by atoms with Crippen molar-refractivity contribution in [1.29, 1.82) is 0 Å². The molecule has 0 aliphatic carbocycles. The van der Waals surface area contributed by atoms with E-state index in [2.05, 4.69) is 15.2 Å². The second-order valence-corrected chi connectivity index (χ2v) is 6.83. The summed E-state index contributed by atoms with van der Waals surface area (Å²) < 4.78 is 5.67. The fourth-order valence-corrected chi connectivity index (χ4v) is 3.13. The predicted molar refractivity (Wildman–Crippen MR) is 103 cm³/mol. The Morgan fingerprint density at radius 2 is 2.07 bits per heavy atom. The molecular weight excluding hydrogens is 382 g/mol. The van der Waals surface area contributed by atoms with Crippen LogP contribution in [0, 0.1) is 0 Å². The zero-order valence-corrected chi connectivity index (χ0v) is 15.7. The van der Waals surface area contributed by atoms with Crippen molar-refractivity contribution in [3.8, 4) is 11.3 Å². The highest BCUT2D eigenvalue weighted by atomic mass is 32.2. The average Bonchev–Trinajstić information content (AvgIpc) is 3.31. The number of aromatic carboxylic acids is 1. The molecule has 2 aromatic heterocycles. The van der Waals surface area contributed by atoms with Gasteiger partial charge in [0.15, 0.2) is 0 Å². The van der Waals surface area contributed by atoms with Crippen molar-refractivity contribution < 1.29 is 24.2 Å². The van der Waals surface area contributed by atoms with E-state index in [0.717, 1.165) is 24.6 Å². The van der Waals surface area contributed by atoms with Gasteiger partial charge in [-0.1, -0.05) is 19.1 Å². The molecule has 0 saturated carbocycles. The van der Waals surface area contributed by atoms with Crippen molar-refractivity contribution in [3.05, 3.63) is 58.5 Å². The number of carboxylic acid groups (broad SMARTS) is 2. The number of aryl methyl sites for hydroxylation is 1. The highest BCUT2D eigenvalue weighted by molar-refractivity contribution is 8.04.